The van der Waals surface area contributed by atoms with Gasteiger partial charge in [0.1, 0.15) is 0 Å². The number of hydrogen-bond acceptors (Lipinski definition) is 2. The number of alkyl halides is 2. The van der Waals surface area contributed by atoms with Gasteiger partial charge in [0, 0.05) is 7.05 Å². The lowest BCUT2D eigenvalue weighted by Gasteiger charge is -2.21. The molecule has 14 heavy (non-hydrogen) atoms. The van der Waals surface area contributed by atoms with Crippen LogP contribution in [0.15, 0.2) is 18.2 Å². The normalized spacial score (nSPS) is 10.6. The van der Waals surface area contributed by atoms with E-state index in [1.165, 1.54) is 4.90 Å². The van der Waals surface area contributed by atoms with Crippen LogP contribution in [0.1, 0.15) is 5.56 Å². The third-order valence-electron chi connectivity index (χ3n) is 2.12. The highest BCUT2D eigenvalue weighted by atomic mass is 19.3. The van der Waals surface area contributed by atoms with Gasteiger partial charge < -0.3 is 10.6 Å². The van der Waals surface area contributed by atoms with Crippen molar-refractivity contribution < 1.29 is 8.78 Å². The lowest BCUT2D eigenvalue weighted by atomic mass is 10.1. The number of nitrogens with two attached hydrogens (primary N) is 1. The second-order valence-electron chi connectivity index (χ2n) is 3.28. The predicted molar refractivity (Wildman–Crippen MR) is 54.9 cm³/mol. The molecule has 2 N–H and O–H groups in total. The van der Waals surface area contributed by atoms with Crippen LogP contribution in [0.3, 0.4) is 0 Å². The number of aryl methyl sites for hydroxylation is 1. The van der Waals surface area contributed by atoms with E-state index in [4.69, 9.17) is 5.73 Å². The van der Waals surface area contributed by atoms with E-state index >= 15 is 0 Å². The van der Waals surface area contributed by atoms with E-state index in [9.17, 15) is 8.78 Å². The summed E-state index contributed by atoms with van der Waals surface area (Å²) in [5, 5.41) is 0. The SMILES string of the molecule is Cc1cccc(N(C)CC(F)F)c1N. The average Bonchev–Trinajstić information content (AvgIpc) is 2.08. The van der Waals surface area contributed by atoms with Gasteiger partial charge in [0.2, 0.25) is 0 Å². The Kier molecular flexibility index (Phi) is 3.28. The fourth-order valence-corrected chi connectivity index (χ4v) is 1.30. The van der Waals surface area contributed by atoms with Gasteiger partial charge in [0.15, 0.2) is 0 Å². The molecule has 4 heteroatoms. The fraction of sp³-hybridized carbons (Fsp3) is 0.400. The highest BCUT2D eigenvalue weighted by Crippen LogP contribution is 2.25. The van der Waals surface area contributed by atoms with Crippen LogP contribution in [0.25, 0.3) is 0 Å². The quantitative estimate of drug-likeness (QED) is 0.758. The van der Waals surface area contributed by atoms with Gasteiger partial charge in [-0.1, -0.05) is 12.1 Å². The van der Waals surface area contributed by atoms with Crippen molar-refractivity contribution >= 4 is 11.4 Å². The van der Waals surface area contributed by atoms with Gasteiger partial charge in [0.25, 0.3) is 6.43 Å². The standard InChI is InChI=1S/C10H14F2N2/c1-7-4-3-5-8(10(7)13)14(2)6-9(11)12/h3-5,9H,6,13H2,1-2H3. The van der Waals surface area contributed by atoms with Gasteiger partial charge in [-0.2, -0.15) is 0 Å². The molecule has 0 saturated heterocycles. The third-order valence-corrected chi connectivity index (χ3v) is 2.12. The third kappa shape index (κ3) is 2.34. The minimum atomic E-state index is -2.35. The molecule has 0 radical (unpaired) electrons. The molecule has 1 aromatic carbocycles. The lowest BCUT2D eigenvalue weighted by Crippen LogP contribution is -2.25. The predicted octanol–water partition coefficient (Wildman–Crippen LogP) is 2.28. The average molecular weight is 200 g/mol. The van der Waals surface area contributed by atoms with Gasteiger partial charge in [-0.3, -0.25) is 0 Å². The van der Waals surface area contributed by atoms with Crippen LogP contribution in [0.4, 0.5) is 20.2 Å². The van der Waals surface area contributed by atoms with Crippen LogP contribution in [-0.4, -0.2) is 20.0 Å². The molecule has 0 aromatic heterocycles. The highest BCUT2D eigenvalue weighted by Gasteiger charge is 2.11. The van der Waals surface area contributed by atoms with Crippen LogP contribution in [0.5, 0.6) is 0 Å². The maximum atomic E-state index is 12.1. The molecule has 0 aliphatic heterocycles. The molecule has 0 fully saturated rings. The summed E-state index contributed by atoms with van der Waals surface area (Å²) in [6.45, 7) is 1.56. The first kappa shape index (κ1) is 10.8. The smallest absolute Gasteiger partial charge is 0.255 e. The maximum Gasteiger partial charge on any atom is 0.255 e. The van der Waals surface area contributed by atoms with E-state index in [-0.39, 0.29) is 6.54 Å². The summed E-state index contributed by atoms with van der Waals surface area (Å²) >= 11 is 0. The van der Waals surface area contributed by atoms with Crippen molar-refractivity contribution in [3.63, 3.8) is 0 Å². The van der Waals surface area contributed by atoms with Gasteiger partial charge in [-0.15, -0.1) is 0 Å². The van der Waals surface area contributed by atoms with Crippen LogP contribution >= 0.6 is 0 Å². The molecular formula is C10H14F2N2. The van der Waals surface area contributed by atoms with E-state index in [1.807, 2.05) is 19.1 Å². The van der Waals surface area contributed by atoms with Crippen molar-refractivity contribution in [1.82, 2.24) is 0 Å². The number of hydrogen-bond donors (Lipinski definition) is 1. The summed E-state index contributed by atoms with van der Waals surface area (Å²) in [7, 11) is 1.61. The molecule has 0 heterocycles. The first-order valence-corrected chi connectivity index (χ1v) is 4.36. The van der Waals surface area contributed by atoms with Crippen molar-refractivity contribution in [2.45, 2.75) is 13.3 Å². The van der Waals surface area contributed by atoms with Crippen molar-refractivity contribution in [3.8, 4) is 0 Å². The minimum Gasteiger partial charge on any atom is -0.397 e. The first-order valence-electron chi connectivity index (χ1n) is 4.36. The topological polar surface area (TPSA) is 29.3 Å². The highest BCUT2D eigenvalue weighted by molar-refractivity contribution is 5.70. The van der Waals surface area contributed by atoms with Gasteiger partial charge in [0.05, 0.1) is 17.9 Å². The Balaban J connectivity index is 2.89. The number of anilines is 2. The van der Waals surface area contributed by atoms with E-state index in [0.717, 1.165) is 5.56 Å². The molecule has 2 nitrogen and oxygen atoms in total. The van der Waals surface area contributed by atoms with Crippen LogP contribution in [0, 0.1) is 6.92 Å². The van der Waals surface area contributed by atoms with Crippen molar-refractivity contribution in [2.75, 3.05) is 24.2 Å². The summed E-state index contributed by atoms with van der Waals surface area (Å²) in [5.74, 6) is 0. The Morgan fingerprint density at radius 3 is 2.64 bits per heavy atom. The molecule has 0 spiro atoms. The molecule has 1 rings (SSSR count). The zero-order chi connectivity index (χ0) is 10.7. The number of benzene rings is 1. The molecule has 1 aromatic rings. The number of nitrogen functional groups attached to an aromatic ring is 1. The molecular weight excluding hydrogens is 186 g/mol. The molecule has 0 aliphatic carbocycles. The van der Waals surface area contributed by atoms with Crippen molar-refractivity contribution in [2.24, 2.45) is 0 Å². The van der Waals surface area contributed by atoms with Gasteiger partial charge in [-0.25, -0.2) is 8.78 Å². The van der Waals surface area contributed by atoms with Gasteiger partial charge >= 0.3 is 0 Å². The number of rotatable bonds is 3. The number of nitrogens with zero attached hydrogens (tertiary/aromatic N) is 1. The fourth-order valence-electron chi connectivity index (χ4n) is 1.30. The number of halogens is 2. The maximum absolute atomic E-state index is 12.1. The van der Waals surface area contributed by atoms with E-state index in [2.05, 4.69) is 0 Å². The summed E-state index contributed by atoms with van der Waals surface area (Å²) in [4.78, 5) is 1.47. The Bertz CT molecular complexity index is 313. The Labute approximate surface area is 82.3 Å². The minimum absolute atomic E-state index is 0.298. The second kappa shape index (κ2) is 4.26. The second-order valence-corrected chi connectivity index (χ2v) is 3.28. The van der Waals surface area contributed by atoms with Crippen molar-refractivity contribution in [3.05, 3.63) is 23.8 Å². The molecule has 0 aliphatic rings. The van der Waals surface area contributed by atoms with E-state index in [1.54, 1.807) is 13.1 Å². The first-order chi connectivity index (χ1) is 6.52. The van der Waals surface area contributed by atoms with Crippen LogP contribution in [0.2, 0.25) is 0 Å². The lowest BCUT2D eigenvalue weighted by molar-refractivity contribution is 0.156. The van der Waals surface area contributed by atoms with E-state index in [0.29, 0.717) is 11.4 Å². The van der Waals surface area contributed by atoms with E-state index < -0.39 is 6.43 Å². The van der Waals surface area contributed by atoms with Gasteiger partial charge in [-0.05, 0) is 18.6 Å². The molecule has 0 atom stereocenters. The zero-order valence-electron chi connectivity index (χ0n) is 8.30. The molecule has 0 amide bonds. The molecule has 78 valence electrons. The Morgan fingerprint density at radius 1 is 1.43 bits per heavy atom. The summed E-state index contributed by atoms with van der Waals surface area (Å²) in [5.41, 5.74) is 7.90. The Morgan fingerprint density at radius 2 is 2.07 bits per heavy atom. The largest absolute Gasteiger partial charge is 0.397 e. The summed E-state index contributed by atoms with van der Waals surface area (Å²) < 4.78 is 24.2. The van der Waals surface area contributed by atoms with Crippen LogP contribution < -0.4 is 10.6 Å². The monoisotopic (exact) mass is 200 g/mol. The Hall–Kier alpha value is -1.32. The van der Waals surface area contributed by atoms with Crippen molar-refractivity contribution in [1.29, 1.82) is 0 Å². The zero-order valence-corrected chi connectivity index (χ0v) is 8.30. The summed E-state index contributed by atoms with van der Waals surface area (Å²) in [6.07, 6.45) is -2.35. The number of para-hydroxylation sites is 1. The molecule has 0 bridgehead atoms. The van der Waals surface area contributed by atoms with Crippen LogP contribution in [-0.2, 0) is 0 Å². The molecule has 0 unspecified atom stereocenters. The summed E-state index contributed by atoms with van der Waals surface area (Å²) in [6, 6.07) is 5.41. The molecule has 0 saturated carbocycles.